The zero-order valence-corrected chi connectivity index (χ0v) is 18.1. The second-order valence-corrected chi connectivity index (χ2v) is 8.53. The average Bonchev–Trinajstić information content (AvgIpc) is 3.42. The molecule has 1 aromatic heterocycles. The Morgan fingerprint density at radius 2 is 1.97 bits per heavy atom. The Balaban J connectivity index is 1.24. The molecule has 1 saturated heterocycles. The Morgan fingerprint density at radius 3 is 2.84 bits per heavy atom. The lowest BCUT2D eigenvalue weighted by Gasteiger charge is -2.26. The van der Waals surface area contributed by atoms with Crippen molar-refractivity contribution in [1.82, 2.24) is 14.4 Å². The summed E-state index contributed by atoms with van der Waals surface area (Å²) in [6.07, 6.45) is 4.15. The van der Waals surface area contributed by atoms with E-state index in [1.807, 2.05) is 18.0 Å². The number of nitrogens with zero attached hydrogens (tertiary/aromatic N) is 3. The number of morpholine rings is 1. The van der Waals surface area contributed by atoms with Crippen LogP contribution in [0.5, 0.6) is 0 Å². The summed E-state index contributed by atoms with van der Waals surface area (Å²) in [6, 6.07) is 16.8. The lowest BCUT2D eigenvalue weighted by atomic mass is 10.1. The number of ether oxygens (including phenoxy) is 1. The summed E-state index contributed by atoms with van der Waals surface area (Å²) in [5.74, 6) is 0. The SMILES string of the molecule is CN(C(=O)Nc1ccc2c(ccn2CCN2CCOCC2)c1)C1CCc2ccccc21. The minimum Gasteiger partial charge on any atom is -0.379 e. The second-order valence-electron chi connectivity index (χ2n) is 8.53. The van der Waals surface area contributed by atoms with Crippen LogP contribution in [0.1, 0.15) is 23.6 Å². The quantitative estimate of drug-likeness (QED) is 0.678. The maximum Gasteiger partial charge on any atom is 0.322 e. The Labute approximate surface area is 183 Å². The number of nitrogens with one attached hydrogen (secondary N) is 1. The van der Waals surface area contributed by atoms with Crippen LogP contribution in [0.25, 0.3) is 10.9 Å². The summed E-state index contributed by atoms with van der Waals surface area (Å²) in [4.78, 5) is 17.2. The van der Waals surface area contributed by atoms with Crippen molar-refractivity contribution in [3.8, 4) is 0 Å². The predicted molar refractivity (Wildman–Crippen MR) is 123 cm³/mol. The predicted octanol–water partition coefficient (Wildman–Crippen LogP) is 4.12. The van der Waals surface area contributed by atoms with Gasteiger partial charge >= 0.3 is 6.03 Å². The van der Waals surface area contributed by atoms with Crippen molar-refractivity contribution in [2.45, 2.75) is 25.4 Å². The summed E-state index contributed by atoms with van der Waals surface area (Å²) in [6.45, 7) is 5.66. The monoisotopic (exact) mass is 418 g/mol. The summed E-state index contributed by atoms with van der Waals surface area (Å²) in [5.41, 5.74) is 4.66. The second kappa shape index (κ2) is 8.73. The van der Waals surface area contributed by atoms with Crippen LogP contribution >= 0.6 is 0 Å². The number of benzene rings is 2. The molecular weight excluding hydrogens is 388 g/mol. The molecule has 1 fully saturated rings. The molecule has 2 aromatic carbocycles. The highest BCUT2D eigenvalue weighted by atomic mass is 16.5. The van der Waals surface area contributed by atoms with E-state index in [4.69, 9.17) is 4.74 Å². The van der Waals surface area contributed by atoms with Gasteiger partial charge in [-0.05, 0) is 48.2 Å². The van der Waals surface area contributed by atoms with Gasteiger partial charge in [-0.15, -0.1) is 0 Å². The molecule has 1 aliphatic carbocycles. The Hall–Kier alpha value is -2.83. The molecule has 0 bridgehead atoms. The number of carbonyl (C=O) groups is 1. The van der Waals surface area contributed by atoms with E-state index in [-0.39, 0.29) is 12.1 Å². The first kappa shape index (κ1) is 20.1. The number of aryl methyl sites for hydroxylation is 1. The Kier molecular flexibility index (Phi) is 5.66. The molecule has 1 N–H and O–H groups in total. The third kappa shape index (κ3) is 4.18. The lowest BCUT2D eigenvalue weighted by Crippen LogP contribution is -2.38. The standard InChI is InChI=1S/C25H30N4O2/c1-27(24-8-6-19-4-2-3-5-22(19)24)25(30)26-21-7-9-23-20(18-21)10-11-29(23)13-12-28-14-16-31-17-15-28/h2-5,7,9-11,18,24H,6,8,12-17H2,1H3,(H,26,30). The number of carbonyl (C=O) groups excluding carboxylic acids is 1. The van der Waals surface area contributed by atoms with E-state index in [1.165, 1.54) is 16.6 Å². The molecule has 0 saturated carbocycles. The summed E-state index contributed by atoms with van der Waals surface area (Å²) in [5, 5.41) is 4.24. The van der Waals surface area contributed by atoms with Gasteiger partial charge in [0.2, 0.25) is 0 Å². The number of hydrogen-bond donors (Lipinski definition) is 1. The van der Waals surface area contributed by atoms with Crippen LogP contribution in [0.2, 0.25) is 0 Å². The maximum atomic E-state index is 12.9. The summed E-state index contributed by atoms with van der Waals surface area (Å²) < 4.78 is 7.72. The van der Waals surface area contributed by atoms with Crippen molar-refractivity contribution in [1.29, 1.82) is 0 Å². The maximum absolute atomic E-state index is 12.9. The van der Waals surface area contributed by atoms with Crippen LogP contribution in [0.4, 0.5) is 10.5 Å². The Bertz CT molecular complexity index is 1070. The summed E-state index contributed by atoms with van der Waals surface area (Å²) in [7, 11) is 1.89. The fourth-order valence-corrected chi connectivity index (χ4v) is 4.84. The van der Waals surface area contributed by atoms with E-state index in [9.17, 15) is 4.79 Å². The molecule has 2 heterocycles. The molecule has 1 aliphatic heterocycles. The first-order valence-electron chi connectivity index (χ1n) is 11.2. The lowest BCUT2D eigenvalue weighted by molar-refractivity contribution is 0.0365. The molecule has 3 aromatic rings. The molecule has 2 aliphatic rings. The first-order chi connectivity index (χ1) is 15.2. The molecule has 5 rings (SSSR count). The van der Waals surface area contributed by atoms with Crippen LogP contribution in [0.3, 0.4) is 0 Å². The minimum absolute atomic E-state index is 0.0622. The van der Waals surface area contributed by atoms with Crippen molar-refractivity contribution in [3.05, 3.63) is 65.9 Å². The smallest absolute Gasteiger partial charge is 0.322 e. The number of anilines is 1. The van der Waals surface area contributed by atoms with Gasteiger partial charge in [0.05, 0.1) is 19.3 Å². The van der Waals surface area contributed by atoms with Crippen LogP contribution < -0.4 is 5.32 Å². The molecule has 162 valence electrons. The molecule has 1 unspecified atom stereocenters. The number of amides is 2. The third-order valence-electron chi connectivity index (χ3n) is 6.67. The van der Waals surface area contributed by atoms with Crippen molar-refractivity contribution in [2.24, 2.45) is 0 Å². The third-order valence-corrected chi connectivity index (χ3v) is 6.67. The largest absolute Gasteiger partial charge is 0.379 e. The molecule has 0 spiro atoms. The zero-order chi connectivity index (χ0) is 21.2. The van der Waals surface area contributed by atoms with E-state index < -0.39 is 0 Å². The number of urea groups is 1. The van der Waals surface area contributed by atoms with Gasteiger partial charge in [-0.1, -0.05) is 24.3 Å². The molecule has 6 nitrogen and oxygen atoms in total. The number of aromatic nitrogens is 1. The number of rotatable bonds is 5. The molecule has 6 heteroatoms. The highest BCUT2D eigenvalue weighted by Gasteiger charge is 2.28. The van der Waals surface area contributed by atoms with Gasteiger partial charge in [0.1, 0.15) is 0 Å². The average molecular weight is 419 g/mol. The highest BCUT2D eigenvalue weighted by molar-refractivity contribution is 5.93. The molecule has 31 heavy (non-hydrogen) atoms. The zero-order valence-electron chi connectivity index (χ0n) is 18.1. The van der Waals surface area contributed by atoms with Gasteiger partial charge in [-0.2, -0.15) is 0 Å². The molecule has 0 radical (unpaired) electrons. The van der Waals surface area contributed by atoms with E-state index in [0.717, 1.165) is 63.3 Å². The Morgan fingerprint density at radius 1 is 1.13 bits per heavy atom. The molecule has 2 amide bonds. The van der Waals surface area contributed by atoms with Gasteiger partial charge < -0.3 is 19.5 Å². The van der Waals surface area contributed by atoms with Gasteiger partial charge in [0, 0.05) is 56.0 Å². The van der Waals surface area contributed by atoms with E-state index in [0.29, 0.717) is 0 Å². The van der Waals surface area contributed by atoms with Crippen molar-refractivity contribution >= 4 is 22.6 Å². The van der Waals surface area contributed by atoms with E-state index in [1.54, 1.807) is 0 Å². The van der Waals surface area contributed by atoms with Crippen molar-refractivity contribution in [3.63, 3.8) is 0 Å². The van der Waals surface area contributed by atoms with Gasteiger partial charge in [0.15, 0.2) is 0 Å². The van der Waals surface area contributed by atoms with E-state index >= 15 is 0 Å². The molecule has 1 atom stereocenters. The molecular formula is C25H30N4O2. The normalized spacial score (nSPS) is 18.8. The van der Waals surface area contributed by atoms with Crippen molar-refractivity contribution in [2.75, 3.05) is 45.2 Å². The van der Waals surface area contributed by atoms with Crippen molar-refractivity contribution < 1.29 is 9.53 Å². The van der Waals surface area contributed by atoms with Gasteiger partial charge in [-0.3, -0.25) is 4.90 Å². The topological polar surface area (TPSA) is 49.7 Å². The summed E-state index contributed by atoms with van der Waals surface area (Å²) >= 11 is 0. The fraction of sp³-hybridized carbons (Fsp3) is 0.400. The fourth-order valence-electron chi connectivity index (χ4n) is 4.84. The van der Waals surface area contributed by atoms with Gasteiger partial charge in [0.25, 0.3) is 0 Å². The van der Waals surface area contributed by atoms with Crippen LogP contribution in [-0.4, -0.2) is 60.3 Å². The van der Waals surface area contributed by atoms with Crippen LogP contribution in [0, 0.1) is 0 Å². The number of fused-ring (bicyclic) bond motifs is 2. The first-order valence-corrected chi connectivity index (χ1v) is 11.2. The van der Waals surface area contributed by atoms with Crippen LogP contribution in [-0.2, 0) is 17.7 Å². The van der Waals surface area contributed by atoms with Gasteiger partial charge in [-0.25, -0.2) is 4.79 Å². The van der Waals surface area contributed by atoms with E-state index in [2.05, 4.69) is 63.4 Å². The van der Waals surface area contributed by atoms with Crippen LogP contribution in [0.15, 0.2) is 54.7 Å². The minimum atomic E-state index is -0.0622. The highest BCUT2D eigenvalue weighted by Crippen LogP contribution is 2.35. The number of hydrogen-bond acceptors (Lipinski definition) is 3.